The largest absolute Gasteiger partial charge is 0.444 e. The Kier molecular flexibility index (Phi) is 7.81. The van der Waals surface area contributed by atoms with Crippen molar-refractivity contribution in [3.8, 4) is 12.3 Å². The molecule has 2 fully saturated rings. The average Bonchev–Trinajstić information content (AvgIpc) is 3.19. The minimum absolute atomic E-state index is 0.0170. The highest BCUT2D eigenvalue weighted by Crippen LogP contribution is 2.34. The SMILES string of the molecule is C#CC[C@]1(C(=O)NC[C@@H](c2ccccc2)N2CCOCC2)CCCN1C(=O)OC(C)(C)C. The number of rotatable bonds is 6. The van der Waals surface area contributed by atoms with E-state index in [1.165, 1.54) is 4.90 Å². The van der Waals surface area contributed by atoms with Crippen LogP contribution in [0.3, 0.4) is 0 Å². The predicted octanol–water partition coefficient (Wildman–Crippen LogP) is 2.97. The molecule has 1 N–H and O–H groups in total. The Morgan fingerprint density at radius 3 is 2.53 bits per heavy atom. The van der Waals surface area contributed by atoms with Crippen LogP contribution in [0.15, 0.2) is 30.3 Å². The van der Waals surface area contributed by atoms with E-state index in [1.54, 1.807) is 0 Å². The maximum absolute atomic E-state index is 13.6. The van der Waals surface area contributed by atoms with E-state index in [0.717, 1.165) is 18.7 Å². The Hall–Kier alpha value is -2.56. The number of nitrogens with zero attached hydrogens (tertiary/aromatic N) is 2. The van der Waals surface area contributed by atoms with E-state index in [-0.39, 0.29) is 18.4 Å². The van der Waals surface area contributed by atoms with Crippen LogP contribution in [0.1, 0.15) is 51.6 Å². The van der Waals surface area contributed by atoms with Gasteiger partial charge in [-0.3, -0.25) is 14.6 Å². The van der Waals surface area contributed by atoms with Crippen molar-refractivity contribution < 1.29 is 19.1 Å². The first-order valence-electron chi connectivity index (χ1n) is 11.4. The zero-order valence-electron chi connectivity index (χ0n) is 19.4. The third-order valence-corrected chi connectivity index (χ3v) is 6.05. The predicted molar refractivity (Wildman–Crippen MR) is 123 cm³/mol. The fraction of sp³-hybridized carbons (Fsp3) is 0.600. The number of benzene rings is 1. The van der Waals surface area contributed by atoms with Crippen LogP contribution in [0.4, 0.5) is 4.79 Å². The minimum Gasteiger partial charge on any atom is -0.444 e. The molecule has 2 amide bonds. The zero-order chi connectivity index (χ0) is 23.2. The van der Waals surface area contributed by atoms with Crippen molar-refractivity contribution in [2.45, 2.75) is 57.2 Å². The molecule has 0 unspecified atom stereocenters. The Morgan fingerprint density at radius 1 is 1.22 bits per heavy atom. The molecule has 32 heavy (non-hydrogen) atoms. The number of likely N-dealkylation sites (tertiary alicyclic amines) is 1. The number of amides is 2. The van der Waals surface area contributed by atoms with Crippen LogP contribution in [0.5, 0.6) is 0 Å². The maximum Gasteiger partial charge on any atom is 0.411 e. The van der Waals surface area contributed by atoms with E-state index in [2.05, 4.69) is 28.3 Å². The first kappa shape index (κ1) is 24.1. The molecule has 0 bridgehead atoms. The second kappa shape index (κ2) is 10.4. The van der Waals surface area contributed by atoms with Gasteiger partial charge in [0.2, 0.25) is 5.91 Å². The first-order valence-corrected chi connectivity index (χ1v) is 11.4. The molecule has 7 heteroatoms. The molecule has 0 spiro atoms. The number of morpholine rings is 1. The normalized spacial score (nSPS) is 22.8. The number of carbonyl (C=O) groups excluding carboxylic acids is 2. The van der Waals surface area contributed by atoms with E-state index in [9.17, 15) is 9.59 Å². The molecule has 174 valence electrons. The molecule has 7 nitrogen and oxygen atoms in total. The monoisotopic (exact) mass is 441 g/mol. The lowest BCUT2D eigenvalue weighted by atomic mass is 9.91. The molecule has 0 radical (unpaired) electrons. The summed E-state index contributed by atoms with van der Waals surface area (Å²) in [7, 11) is 0. The molecular weight excluding hydrogens is 406 g/mol. The lowest BCUT2D eigenvalue weighted by molar-refractivity contribution is -0.132. The second-order valence-electron chi connectivity index (χ2n) is 9.43. The van der Waals surface area contributed by atoms with Gasteiger partial charge in [0.15, 0.2) is 0 Å². The van der Waals surface area contributed by atoms with Crippen LogP contribution in [0, 0.1) is 12.3 Å². The minimum atomic E-state index is -1.08. The third-order valence-electron chi connectivity index (χ3n) is 6.05. The summed E-state index contributed by atoms with van der Waals surface area (Å²) < 4.78 is 11.1. The maximum atomic E-state index is 13.6. The quantitative estimate of drug-likeness (QED) is 0.688. The molecule has 2 heterocycles. The summed E-state index contributed by atoms with van der Waals surface area (Å²) in [6.45, 7) is 9.27. The highest BCUT2D eigenvalue weighted by Gasteiger charge is 2.50. The van der Waals surface area contributed by atoms with Gasteiger partial charge < -0.3 is 14.8 Å². The van der Waals surface area contributed by atoms with Crippen molar-refractivity contribution in [3.05, 3.63) is 35.9 Å². The van der Waals surface area contributed by atoms with Gasteiger partial charge in [-0.25, -0.2) is 4.79 Å². The van der Waals surface area contributed by atoms with Gasteiger partial charge in [0.05, 0.1) is 19.3 Å². The number of nitrogens with one attached hydrogen (secondary N) is 1. The van der Waals surface area contributed by atoms with Gasteiger partial charge in [-0.05, 0) is 39.2 Å². The molecule has 3 rings (SSSR count). The van der Waals surface area contributed by atoms with Crippen molar-refractivity contribution >= 4 is 12.0 Å². The molecule has 2 atom stereocenters. The smallest absolute Gasteiger partial charge is 0.411 e. The van der Waals surface area contributed by atoms with Crippen LogP contribution in [-0.2, 0) is 14.3 Å². The van der Waals surface area contributed by atoms with Gasteiger partial charge in [0, 0.05) is 32.6 Å². The molecule has 2 saturated heterocycles. The van der Waals surface area contributed by atoms with Crippen LogP contribution in [0.25, 0.3) is 0 Å². The number of hydrogen-bond acceptors (Lipinski definition) is 5. The number of ether oxygens (including phenoxy) is 2. The van der Waals surface area contributed by atoms with E-state index in [4.69, 9.17) is 15.9 Å². The van der Waals surface area contributed by atoms with Gasteiger partial charge in [0.1, 0.15) is 11.1 Å². The van der Waals surface area contributed by atoms with Gasteiger partial charge in [-0.1, -0.05) is 30.3 Å². The van der Waals surface area contributed by atoms with Crippen molar-refractivity contribution in [2.75, 3.05) is 39.4 Å². The van der Waals surface area contributed by atoms with Gasteiger partial charge in [0.25, 0.3) is 0 Å². The average molecular weight is 442 g/mol. The molecule has 2 aliphatic rings. The standard InChI is InChI=1S/C25H35N3O4/c1-5-12-25(13-9-14-28(25)23(30)32-24(2,3)4)22(29)26-19-21(20-10-7-6-8-11-20)27-15-17-31-18-16-27/h1,6-8,10-11,21H,9,12-19H2,2-4H3,(H,26,29)/t21-,25+/m0/s1. The lowest BCUT2D eigenvalue weighted by Gasteiger charge is -2.38. The van der Waals surface area contributed by atoms with Crippen LogP contribution < -0.4 is 5.32 Å². The van der Waals surface area contributed by atoms with E-state index < -0.39 is 17.2 Å². The highest BCUT2D eigenvalue weighted by molar-refractivity contribution is 5.91. The van der Waals surface area contributed by atoms with Crippen LogP contribution in [-0.4, -0.2) is 72.3 Å². The molecule has 0 saturated carbocycles. The topological polar surface area (TPSA) is 71.1 Å². The summed E-state index contributed by atoms with van der Waals surface area (Å²) in [6, 6.07) is 10.2. The summed E-state index contributed by atoms with van der Waals surface area (Å²) in [5.41, 5.74) is -0.591. The first-order chi connectivity index (χ1) is 15.3. The van der Waals surface area contributed by atoms with Gasteiger partial charge >= 0.3 is 6.09 Å². The molecule has 1 aromatic rings. The number of hydrogen-bond donors (Lipinski definition) is 1. The van der Waals surface area contributed by atoms with E-state index in [0.29, 0.717) is 39.1 Å². The number of terminal acetylenes is 1. The van der Waals surface area contributed by atoms with Crippen molar-refractivity contribution in [1.82, 2.24) is 15.1 Å². The summed E-state index contributed by atoms with van der Waals surface area (Å²) >= 11 is 0. The number of carbonyl (C=O) groups is 2. The van der Waals surface area contributed by atoms with E-state index in [1.807, 2.05) is 39.0 Å². The summed E-state index contributed by atoms with van der Waals surface area (Å²) in [5, 5.41) is 3.13. The van der Waals surface area contributed by atoms with Gasteiger partial charge in [-0.2, -0.15) is 0 Å². The summed E-state index contributed by atoms with van der Waals surface area (Å²) in [4.78, 5) is 30.3. The van der Waals surface area contributed by atoms with E-state index >= 15 is 0 Å². The Bertz CT molecular complexity index is 824. The zero-order valence-corrected chi connectivity index (χ0v) is 19.4. The highest BCUT2D eigenvalue weighted by atomic mass is 16.6. The molecule has 0 aliphatic carbocycles. The Balaban J connectivity index is 1.78. The molecule has 0 aromatic heterocycles. The third kappa shape index (κ3) is 5.62. The van der Waals surface area contributed by atoms with Crippen molar-refractivity contribution in [1.29, 1.82) is 0 Å². The van der Waals surface area contributed by atoms with Gasteiger partial charge in [-0.15, -0.1) is 12.3 Å². The fourth-order valence-electron chi connectivity index (χ4n) is 4.51. The summed E-state index contributed by atoms with van der Waals surface area (Å²) in [5.74, 6) is 2.41. The van der Waals surface area contributed by atoms with Crippen molar-refractivity contribution in [3.63, 3.8) is 0 Å². The second-order valence-corrected chi connectivity index (χ2v) is 9.43. The lowest BCUT2D eigenvalue weighted by Crippen LogP contribution is -2.59. The molecule has 1 aromatic carbocycles. The fourth-order valence-corrected chi connectivity index (χ4v) is 4.51. The van der Waals surface area contributed by atoms with Crippen LogP contribution >= 0.6 is 0 Å². The Morgan fingerprint density at radius 2 is 1.91 bits per heavy atom. The Labute approximate surface area is 191 Å². The molecular formula is C25H35N3O4. The summed E-state index contributed by atoms with van der Waals surface area (Å²) in [6.07, 6.45) is 6.55. The molecule has 2 aliphatic heterocycles. The van der Waals surface area contributed by atoms with Crippen LogP contribution in [0.2, 0.25) is 0 Å². The van der Waals surface area contributed by atoms with Crippen molar-refractivity contribution in [2.24, 2.45) is 0 Å².